The molecule has 25 heavy (non-hydrogen) atoms. The van der Waals surface area contributed by atoms with Crippen molar-refractivity contribution in [1.29, 1.82) is 0 Å². The highest BCUT2D eigenvalue weighted by Crippen LogP contribution is 2.21. The van der Waals surface area contributed by atoms with E-state index in [1.54, 1.807) is 13.0 Å². The van der Waals surface area contributed by atoms with Gasteiger partial charge in [0.2, 0.25) is 0 Å². The summed E-state index contributed by atoms with van der Waals surface area (Å²) in [5.74, 6) is 0.193. The highest BCUT2D eigenvalue weighted by Gasteiger charge is 2.10. The molecule has 0 saturated carbocycles. The average molecular weight is 359 g/mol. The molecule has 7 nitrogen and oxygen atoms in total. The van der Waals surface area contributed by atoms with Gasteiger partial charge in [-0.2, -0.15) is 0 Å². The van der Waals surface area contributed by atoms with Gasteiger partial charge < -0.3 is 10.1 Å². The topological polar surface area (TPSA) is 93.5 Å². The van der Waals surface area contributed by atoms with Crippen molar-refractivity contribution in [2.75, 3.05) is 11.9 Å². The normalized spacial score (nSPS) is 10.0. The largest absolute Gasteiger partial charge is 0.484 e. The fraction of sp³-hybridized carbons (Fsp3) is 0.176. The van der Waals surface area contributed by atoms with Gasteiger partial charge in [0, 0.05) is 17.8 Å². The molecule has 2 aromatic carbocycles. The van der Waals surface area contributed by atoms with Gasteiger partial charge in [-0.1, -0.05) is 12.1 Å². The molecule has 0 atom stereocenters. The third-order valence-electron chi connectivity index (χ3n) is 3.28. The second-order valence-electron chi connectivity index (χ2n) is 5.36. The first-order chi connectivity index (χ1) is 11.8. The maximum absolute atomic E-state index is 11.9. The number of carbonyl (C=O) groups is 1. The van der Waals surface area contributed by atoms with Gasteiger partial charge in [-0.05, 0) is 55.4 Å². The number of benzene rings is 2. The van der Waals surface area contributed by atoms with Crippen LogP contribution in [0.25, 0.3) is 0 Å². The number of nitro benzene ring substituents is 1. The lowest BCUT2D eigenvalue weighted by Crippen LogP contribution is -2.37. The fourth-order valence-corrected chi connectivity index (χ4v) is 2.30. The zero-order valence-electron chi connectivity index (χ0n) is 13.7. The second kappa shape index (κ2) is 8.20. The quantitative estimate of drug-likeness (QED) is 0.484. The zero-order chi connectivity index (χ0) is 18.4. The third-order valence-corrected chi connectivity index (χ3v) is 3.49. The number of nitrogens with one attached hydrogen (secondary N) is 2. The molecular formula is C17H17N3O4S. The Bertz CT molecular complexity index is 823. The number of rotatable bonds is 5. The van der Waals surface area contributed by atoms with Crippen LogP contribution in [-0.2, 0) is 4.79 Å². The number of anilines is 1. The van der Waals surface area contributed by atoms with Crippen LogP contribution in [0.2, 0.25) is 0 Å². The smallest absolute Gasteiger partial charge is 0.269 e. The maximum Gasteiger partial charge on any atom is 0.269 e. The molecule has 0 saturated heterocycles. The summed E-state index contributed by atoms with van der Waals surface area (Å²) in [6, 6.07) is 11.7. The van der Waals surface area contributed by atoms with Crippen molar-refractivity contribution in [3.63, 3.8) is 0 Å². The van der Waals surface area contributed by atoms with Gasteiger partial charge in [-0.3, -0.25) is 20.2 Å². The van der Waals surface area contributed by atoms with Gasteiger partial charge in [0.05, 0.1) is 4.92 Å². The summed E-state index contributed by atoms with van der Waals surface area (Å²) in [4.78, 5) is 22.1. The van der Waals surface area contributed by atoms with E-state index in [-0.39, 0.29) is 17.4 Å². The monoisotopic (exact) mass is 359 g/mol. The van der Waals surface area contributed by atoms with Crippen LogP contribution in [0.5, 0.6) is 5.75 Å². The van der Waals surface area contributed by atoms with Crippen LogP contribution in [0.3, 0.4) is 0 Å². The molecule has 8 heteroatoms. The third kappa shape index (κ3) is 5.54. The van der Waals surface area contributed by atoms with Crippen molar-refractivity contribution >= 4 is 34.6 Å². The van der Waals surface area contributed by atoms with E-state index in [1.165, 1.54) is 18.2 Å². The molecule has 0 aromatic heterocycles. The number of amides is 1. The molecule has 2 rings (SSSR count). The van der Waals surface area contributed by atoms with Crippen LogP contribution in [0.1, 0.15) is 11.1 Å². The van der Waals surface area contributed by atoms with E-state index in [0.717, 1.165) is 5.56 Å². The van der Waals surface area contributed by atoms with Gasteiger partial charge in [-0.15, -0.1) is 0 Å². The predicted octanol–water partition coefficient (Wildman–Crippen LogP) is 3.10. The van der Waals surface area contributed by atoms with E-state index in [4.69, 9.17) is 17.0 Å². The summed E-state index contributed by atoms with van der Waals surface area (Å²) in [6.45, 7) is 3.46. The van der Waals surface area contributed by atoms with Crippen LogP contribution in [0, 0.1) is 24.0 Å². The van der Waals surface area contributed by atoms with Gasteiger partial charge in [-0.25, -0.2) is 0 Å². The van der Waals surface area contributed by atoms with Crippen LogP contribution in [0.15, 0.2) is 42.5 Å². The van der Waals surface area contributed by atoms with Crippen LogP contribution in [-0.4, -0.2) is 22.5 Å². The maximum atomic E-state index is 11.9. The molecule has 130 valence electrons. The lowest BCUT2D eigenvalue weighted by atomic mass is 10.2. The molecule has 0 bridgehead atoms. The average Bonchev–Trinajstić information content (AvgIpc) is 2.54. The second-order valence-corrected chi connectivity index (χ2v) is 5.77. The Morgan fingerprint density at radius 2 is 2.00 bits per heavy atom. The number of nitro groups is 1. The fourth-order valence-electron chi connectivity index (χ4n) is 2.07. The number of carbonyl (C=O) groups excluding carboxylic acids is 1. The van der Waals surface area contributed by atoms with E-state index in [0.29, 0.717) is 17.0 Å². The van der Waals surface area contributed by atoms with E-state index in [9.17, 15) is 14.9 Å². The lowest BCUT2D eigenvalue weighted by Gasteiger charge is -2.12. The standard InChI is InChI=1S/C17H17N3O4S/c1-11-4-3-5-14(8-11)24-10-16(21)19-17(25)18-15-7-6-13(20(22)23)9-12(15)2/h3-9H,10H2,1-2H3,(H2,18,19,21,25). The van der Waals surface area contributed by atoms with Gasteiger partial charge >= 0.3 is 0 Å². The molecule has 1 amide bonds. The van der Waals surface area contributed by atoms with Crippen LogP contribution in [0.4, 0.5) is 11.4 Å². The first kappa shape index (κ1) is 18.3. The summed E-state index contributed by atoms with van der Waals surface area (Å²) in [5.41, 5.74) is 2.24. The minimum absolute atomic E-state index is 0.00967. The molecule has 2 N–H and O–H groups in total. The summed E-state index contributed by atoms with van der Waals surface area (Å²) >= 11 is 5.08. The Kier molecular flexibility index (Phi) is 6.02. The molecule has 0 heterocycles. The molecule has 0 spiro atoms. The van der Waals surface area contributed by atoms with Crippen LogP contribution >= 0.6 is 12.2 Å². The summed E-state index contributed by atoms with van der Waals surface area (Å²) in [5, 5.41) is 16.2. The number of nitrogens with zero attached hydrogens (tertiary/aromatic N) is 1. The number of thiocarbonyl (C=S) groups is 1. The van der Waals surface area contributed by atoms with Crippen molar-refractivity contribution < 1.29 is 14.5 Å². The Morgan fingerprint density at radius 1 is 1.24 bits per heavy atom. The van der Waals surface area contributed by atoms with Crippen molar-refractivity contribution in [3.8, 4) is 5.75 Å². The molecule has 0 unspecified atom stereocenters. The Morgan fingerprint density at radius 3 is 2.64 bits per heavy atom. The number of hydrogen-bond acceptors (Lipinski definition) is 5. The number of ether oxygens (including phenoxy) is 1. The van der Waals surface area contributed by atoms with Crippen molar-refractivity contribution in [2.24, 2.45) is 0 Å². The SMILES string of the molecule is Cc1cccc(OCC(=O)NC(=S)Nc2ccc([N+](=O)[O-])cc2C)c1. The van der Waals surface area contributed by atoms with Gasteiger partial charge in [0.25, 0.3) is 11.6 Å². The first-order valence-electron chi connectivity index (χ1n) is 7.40. The summed E-state index contributed by atoms with van der Waals surface area (Å²) in [6.07, 6.45) is 0. The molecule has 0 fully saturated rings. The number of non-ortho nitro benzene ring substituents is 1. The summed E-state index contributed by atoms with van der Waals surface area (Å²) in [7, 11) is 0. The van der Waals surface area contributed by atoms with Gasteiger partial charge in [0.15, 0.2) is 11.7 Å². The van der Waals surface area contributed by atoms with E-state index in [1.807, 2.05) is 25.1 Å². The Labute approximate surface area is 150 Å². The number of aryl methyl sites for hydroxylation is 2. The zero-order valence-corrected chi connectivity index (χ0v) is 14.6. The van der Waals surface area contributed by atoms with Gasteiger partial charge in [0.1, 0.15) is 5.75 Å². The molecule has 0 aliphatic carbocycles. The van der Waals surface area contributed by atoms with Crippen molar-refractivity contribution in [2.45, 2.75) is 13.8 Å². The number of hydrogen-bond donors (Lipinski definition) is 2. The van der Waals surface area contributed by atoms with Crippen molar-refractivity contribution in [1.82, 2.24) is 5.32 Å². The first-order valence-corrected chi connectivity index (χ1v) is 7.81. The molecule has 2 aromatic rings. The van der Waals surface area contributed by atoms with Crippen LogP contribution < -0.4 is 15.4 Å². The predicted molar refractivity (Wildman–Crippen MR) is 98.9 cm³/mol. The highest BCUT2D eigenvalue weighted by atomic mass is 32.1. The molecular weight excluding hydrogens is 342 g/mol. The lowest BCUT2D eigenvalue weighted by molar-refractivity contribution is -0.384. The Balaban J connectivity index is 1.87. The van der Waals surface area contributed by atoms with Crippen molar-refractivity contribution in [3.05, 3.63) is 63.7 Å². The van der Waals surface area contributed by atoms with E-state index >= 15 is 0 Å². The molecule has 0 radical (unpaired) electrons. The van der Waals surface area contributed by atoms with E-state index in [2.05, 4.69) is 10.6 Å². The Hall–Kier alpha value is -3.00. The minimum atomic E-state index is -0.473. The summed E-state index contributed by atoms with van der Waals surface area (Å²) < 4.78 is 5.39. The molecule has 0 aliphatic rings. The van der Waals surface area contributed by atoms with E-state index < -0.39 is 10.8 Å². The molecule has 0 aliphatic heterocycles. The highest BCUT2D eigenvalue weighted by molar-refractivity contribution is 7.80. The minimum Gasteiger partial charge on any atom is -0.484 e.